The third-order valence-corrected chi connectivity index (χ3v) is 6.32. The van der Waals surface area contributed by atoms with Crippen molar-refractivity contribution in [2.75, 3.05) is 26.7 Å². The number of aromatic nitrogens is 1. The van der Waals surface area contributed by atoms with Crippen molar-refractivity contribution in [3.63, 3.8) is 0 Å². The van der Waals surface area contributed by atoms with Crippen LogP contribution in [0.4, 0.5) is 9.18 Å². The number of methoxy groups -OCH3 is 1. The van der Waals surface area contributed by atoms with Gasteiger partial charge in [0.1, 0.15) is 11.6 Å². The van der Waals surface area contributed by atoms with Crippen molar-refractivity contribution >= 4 is 17.1 Å². The van der Waals surface area contributed by atoms with Crippen LogP contribution >= 0.6 is 0 Å². The number of benzene rings is 2. The molecule has 3 aromatic rings. The van der Waals surface area contributed by atoms with Crippen LogP contribution in [0.1, 0.15) is 36.8 Å². The Bertz CT molecular complexity index is 1030. The van der Waals surface area contributed by atoms with E-state index in [0.29, 0.717) is 11.7 Å². The van der Waals surface area contributed by atoms with E-state index >= 15 is 0 Å². The van der Waals surface area contributed by atoms with Crippen molar-refractivity contribution in [2.24, 2.45) is 5.92 Å². The maximum atomic E-state index is 13.1. The minimum absolute atomic E-state index is 0.165. The molecular formula is C26H31FN2O3. The Kier molecular flexibility index (Phi) is 7.43. The first-order chi connectivity index (χ1) is 15.6. The number of carbonyl (C=O) groups excluding carboxylic acids is 1. The second kappa shape index (κ2) is 10.6. The van der Waals surface area contributed by atoms with Gasteiger partial charge in [-0.05, 0) is 99.0 Å². The van der Waals surface area contributed by atoms with Crippen LogP contribution < -0.4 is 4.74 Å². The molecule has 0 spiro atoms. The summed E-state index contributed by atoms with van der Waals surface area (Å²) in [6, 6.07) is 12.5. The van der Waals surface area contributed by atoms with Gasteiger partial charge < -0.3 is 19.4 Å². The third-order valence-electron chi connectivity index (χ3n) is 6.32. The molecule has 6 heteroatoms. The summed E-state index contributed by atoms with van der Waals surface area (Å²) in [4.78, 5) is 17.2. The number of piperidine rings is 1. The summed E-state index contributed by atoms with van der Waals surface area (Å²) in [7, 11) is 1.30. The molecular weight excluding hydrogens is 407 g/mol. The van der Waals surface area contributed by atoms with Gasteiger partial charge >= 0.3 is 6.16 Å². The van der Waals surface area contributed by atoms with Gasteiger partial charge in [-0.1, -0.05) is 12.1 Å². The van der Waals surface area contributed by atoms with E-state index in [1.807, 2.05) is 30.5 Å². The minimum Gasteiger partial charge on any atom is -0.437 e. The zero-order chi connectivity index (χ0) is 22.3. The predicted molar refractivity (Wildman–Crippen MR) is 124 cm³/mol. The summed E-state index contributed by atoms with van der Waals surface area (Å²) >= 11 is 0. The number of H-pyrrole nitrogens is 1. The number of rotatable bonds is 8. The number of nitrogens with zero attached hydrogens (tertiary/aromatic N) is 1. The summed E-state index contributed by atoms with van der Waals surface area (Å²) < 4.78 is 22.9. The number of hydrogen-bond acceptors (Lipinski definition) is 4. The number of aromatic amines is 1. The van der Waals surface area contributed by atoms with Crippen molar-refractivity contribution in [1.82, 2.24) is 9.88 Å². The number of unbranched alkanes of at least 4 members (excludes halogenated alkanes) is 1. The fourth-order valence-corrected chi connectivity index (χ4v) is 4.69. The average molecular weight is 439 g/mol. The molecule has 2 aromatic carbocycles. The standard InChI is InChI=1S/C26H31FN2O3/c1-31-26(30)32-23-11-12-25-24(16-23)21(17-28-25)6-2-3-13-29-14-4-5-20(18-29)15-19-7-9-22(27)10-8-19/h7-12,16-17,20,28H,2-6,13-15,18H2,1H3. The molecule has 1 atom stereocenters. The van der Waals surface area contributed by atoms with Crippen molar-refractivity contribution < 1.29 is 18.7 Å². The molecule has 0 amide bonds. The SMILES string of the molecule is COC(=O)Oc1ccc2[nH]cc(CCCCN3CCCC(Cc4ccc(F)cc4)C3)c2c1. The van der Waals surface area contributed by atoms with Crippen LogP contribution in [-0.2, 0) is 17.6 Å². The number of carbonyl (C=O) groups is 1. The highest BCUT2D eigenvalue weighted by molar-refractivity contribution is 5.85. The largest absolute Gasteiger partial charge is 0.513 e. The highest BCUT2D eigenvalue weighted by Crippen LogP contribution is 2.26. The Morgan fingerprint density at radius 2 is 2.03 bits per heavy atom. The molecule has 1 N–H and O–H groups in total. The fraction of sp³-hybridized carbons (Fsp3) is 0.423. The van der Waals surface area contributed by atoms with Crippen LogP contribution in [0.2, 0.25) is 0 Å². The molecule has 1 aliphatic rings. The van der Waals surface area contributed by atoms with Crippen molar-refractivity contribution in [3.8, 4) is 5.75 Å². The van der Waals surface area contributed by atoms with Gasteiger partial charge in [-0.2, -0.15) is 0 Å². The van der Waals surface area contributed by atoms with Crippen LogP contribution in [0, 0.1) is 11.7 Å². The Morgan fingerprint density at radius 1 is 1.19 bits per heavy atom. The zero-order valence-electron chi connectivity index (χ0n) is 18.6. The molecule has 0 bridgehead atoms. The molecule has 0 radical (unpaired) electrons. The first kappa shape index (κ1) is 22.3. The van der Waals surface area contributed by atoms with E-state index in [2.05, 4.69) is 14.6 Å². The highest BCUT2D eigenvalue weighted by atomic mass is 19.1. The lowest BCUT2D eigenvalue weighted by Crippen LogP contribution is -2.36. The van der Waals surface area contributed by atoms with Crippen LogP contribution in [0.5, 0.6) is 5.75 Å². The fourth-order valence-electron chi connectivity index (χ4n) is 4.69. The Balaban J connectivity index is 1.25. The monoisotopic (exact) mass is 438 g/mol. The zero-order valence-corrected chi connectivity index (χ0v) is 18.6. The van der Waals surface area contributed by atoms with Gasteiger partial charge in [-0.3, -0.25) is 0 Å². The Morgan fingerprint density at radius 3 is 2.84 bits per heavy atom. The normalized spacial score (nSPS) is 16.9. The van der Waals surface area contributed by atoms with Crippen molar-refractivity contribution in [1.29, 1.82) is 0 Å². The van der Waals surface area contributed by atoms with E-state index in [1.165, 1.54) is 37.6 Å². The van der Waals surface area contributed by atoms with Gasteiger partial charge in [0, 0.05) is 23.6 Å². The summed E-state index contributed by atoms with van der Waals surface area (Å²) in [6.45, 7) is 3.40. The second-order valence-electron chi connectivity index (χ2n) is 8.67. The second-order valence-corrected chi connectivity index (χ2v) is 8.67. The Labute approximate surface area is 188 Å². The van der Waals surface area contributed by atoms with Crippen LogP contribution in [0.15, 0.2) is 48.7 Å². The van der Waals surface area contributed by atoms with Crippen LogP contribution in [0.25, 0.3) is 10.9 Å². The molecule has 1 fully saturated rings. The van der Waals surface area contributed by atoms with Gasteiger partial charge in [0.05, 0.1) is 7.11 Å². The third kappa shape index (κ3) is 5.88. The summed E-state index contributed by atoms with van der Waals surface area (Å²) in [5, 5.41) is 1.09. The molecule has 0 aliphatic carbocycles. The molecule has 0 saturated carbocycles. The number of halogens is 1. The summed E-state index contributed by atoms with van der Waals surface area (Å²) in [5.74, 6) is 0.975. The minimum atomic E-state index is -0.708. The number of aryl methyl sites for hydroxylation is 1. The maximum absolute atomic E-state index is 13.1. The molecule has 1 aliphatic heterocycles. The Hall–Kier alpha value is -2.86. The number of nitrogens with one attached hydrogen (secondary N) is 1. The number of fused-ring (bicyclic) bond motifs is 1. The van der Waals surface area contributed by atoms with E-state index in [0.717, 1.165) is 49.7 Å². The smallest absolute Gasteiger partial charge is 0.437 e. The maximum Gasteiger partial charge on any atom is 0.513 e. The number of ether oxygens (including phenoxy) is 2. The van der Waals surface area contributed by atoms with Crippen LogP contribution in [0.3, 0.4) is 0 Å². The van der Waals surface area contributed by atoms with Crippen molar-refractivity contribution in [3.05, 3.63) is 65.6 Å². The lowest BCUT2D eigenvalue weighted by molar-refractivity contribution is 0.121. The molecule has 32 heavy (non-hydrogen) atoms. The quantitative estimate of drug-likeness (QED) is 0.277. The lowest BCUT2D eigenvalue weighted by Gasteiger charge is -2.32. The molecule has 2 heterocycles. The highest BCUT2D eigenvalue weighted by Gasteiger charge is 2.20. The first-order valence-electron chi connectivity index (χ1n) is 11.4. The van der Waals surface area contributed by atoms with Gasteiger partial charge in [-0.15, -0.1) is 0 Å². The topological polar surface area (TPSA) is 54.6 Å². The van der Waals surface area contributed by atoms with E-state index in [4.69, 9.17) is 4.74 Å². The number of likely N-dealkylation sites (tertiary alicyclic amines) is 1. The molecule has 5 nitrogen and oxygen atoms in total. The van der Waals surface area contributed by atoms with E-state index < -0.39 is 6.16 Å². The number of hydrogen-bond donors (Lipinski definition) is 1. The van der Waals surface area contributed by atoms with Gasteiger partial charge in [0.15, 0.2) is 0 Å². The first-order valence-corrected chi connectivity index (χ1v) is 11.4. The molecule has 4 rings (SSSR count). The molecule has 170 valence electrons. The van der Waals surface area contributed by atoms with E-state index in [9.17, 15) is 9.18 Å². The predicted octanol–water partition coefficient (Wildman–Crippen LogP) is 5.73. The van der Waals surface area contributed by atoms with Crippen molar-refractivity contribution in [2.45, 2.75) is 38.5 Å². The molecule has 1 saturated heterocycles. The lowest BCUT2D eigenvalue weighted by atomic mass is 9.91. The summed E-state index contributed by atoms with van der Waals surface area (Å²) in [6.07, 6.45) is 8.09. The van der Waals surface area contributed by atoms with E-state index in [-0.39, 0.29) is 5.82 Å². The molecule has 1 unspecified atom stereocenters. The van der Waals surface area contributed by atoms with E-state index in [1.54, 1.807) is 18.2 Å². The van der Waals surface area contributed by atoms with Gasteiger partial charge in [0.25, 0.3) is 0 Å². The van der Waals surface area contributed by atoms with Crippen LogP contribution in [-0.4, -0.2) is 42.8 Å². The van der Waals surface area contributed by atoms with Gasteiger partial charge in [-0.25, -0.2) is 9.18 Å². The van der Waals surface area contributed by atoms with Gasteiger partial charge in [0.2, 0.25) is 0 Å². The molecule has 1 aromatic heterocycles. The summed E-state index contributed by atoms with van der Waals surface area (Å²) in [5.41, 5.74) is 3.51. The average Bonchev–Trinajstić information content (AvgIpc) is 3.21.